The maximum absolute atomic E-state index is 10.2. The van der Waals surface area contributed by atoms with Crippen LogP contribution in [-0.4, -0.2) is 16.3 Å². The number of aliphatic hydroxyl groups excluding tert-OH is 1. The van der Waals surface area contributed by atoms with Crippen molar-refractivity contribution in [2.24, 2.45) is 0 Å². The van der Waals surface area contributed by atoms with E-state index in [0.717, 1.165) is 43.2 Å². The van der Waals surface area contributed by atoms with E-state index in [0.29, 0.717) is 11.7 Å². The minimum absolute atomic E-state index is 0.108. The van der Waals surface area contributed by atoms with Crippen LogP contribution in [0.2, 0.25) is 0 Å². The second-order valence-corrected chi connectivity index (χ2v) is 6.51. The molecule has 0 atom stereocenters. The molecule has 0 spiro atoms. The SMILES string of the molecule is Cc1cccc(Cc2cccc(C3CCC(O)CC3)c2)c1O. The van der Waals surface area contributed by atoms with Crippen molar-refractivity contribution in [1.29, 1.82) is 0 Å². The molecule has 0 aliphatic heterocycles. The molecule has 2 aromatic carbocycles. The van der Waals surface area contributed by atoms with Crippen LogP contribution >= 0.6 is 0 Å². The fourth-order valence-electron chi connectivity index (χ4n) is 3.45. The predicted molar refractivity (Wildman–Crippen MR) is 89.3 cm³/mol. The van der Waals surface area contributed by atoms with Crippen molar-refractivity contribution in [3.8, 4) is 5.75 Å². The van der Waals surface area contributed by atoms with Crippen LogP contribution in [-0.2, 0) is 6.42 Å². The first-order valence-corrected chi connectivity index (χ1v) is 8.18. The first-order chi connectivity index (χ1) is 10.6. The molecule has 22 heavy (non-hydrogen) atoms. The van der Waals surface area contributed by atoms with Gasteiger partial charge >= 0.3 is 0 Å². The lowest BCUT2D eigenvalue weighted by Gasteiger charge is -2.26. The van der Waals surface area contributed by atoms with Crippen molar-refractivity contribution in [1.82, 2.24) is 0 Å². The lowest BCUT2D eigenvalue weighted by atomic mass is 9.82. The number of aromatic hydroxyl groups is 1. The van der Waals surface area contributed by atoms with Gasteiger partial charge in [-0.3, -0.25) is 0 Å². The summed E-state index contributed by atoms with van der Waals surface area (Å²) in [7, 11) is 0. The van der Waals surface area contributed by atoms with Crippen LogP contribution in [0.5, 0.6) is 5.75 Å². The minimum Gasteiger partial charge on any atom is -0.507 e. The van der Waals surface area contributed by atoms with E-state index in [1.165, 1.54) is 11.1 Å². The van der Waals surface area contributed by atoms with Crippen LogP contribution in [0, 0.1) is 6.92 Å². The molecule has 1 aliphatic carbocycles. The highest BCUT2D eigenvalue weighted by Crippen LogP contribution is 2.33. The third-order valence-electron chi connectivity index (χ3n) is 4.84. The van der Waals surface area contributed by atoms with Gasteiger partial charge in [0.25, 0.3) is 0 Å². The molecule has 0 heterocycles. The van der Waals surface area contributed by atoms with Crippen molar-refractivity contribution >= 4 is 0 Å². The normalized spacial score (nSPS) is 21.7. The van der Waals surface area contributed by atoms with Crippen molar-refractivity contribution in [2.75, 3.05) is 0 Å². The molecule has 2 aromatic rings. The number of benzene rings is 2. The summed E-state index contributed by atoms with van der Waals surface area (Å²) in [4.78, 5) is 0. The number of hydrogen-bond acceptors (Lipinski definition) is 2. The first kappa shape index (κ1) is 15.1. The summed E-state index contributed by atoms with van der Waals surface area (Å²) in [6.07, 6.45) is 4.61. The maximum atomic E-state index is 10.2. The molecular weight excluding hydrogens is 272 g/mol. The first-order valence-electron chi connectivity index (χ1n) is 8.18. The zero-order chi connectivity index (χ0) is 15.5. The molecule has 0 amide bonds. The molecular formula is C20H24O2. The zero-order valence-corrected chi connectivity index (χ0v) is 13.1. The van der Waals surface area contributed by atoms with Crippen LogP contribution in [0.4, 0.5) is 0 Å². The highest BCUT2D eigenvalue weighted by molar-refractivity contribution is 5.42. The summed E-state index contributed by atoms with van der Waals surface area (Å²) in [5, 5.41) is 19.8. The zero-order valence-electron chi connectivity index (χ0n) is 13.1. The molecule has 3 rings (SSSR count). The van der Waals surface area contributed by atoms with Crippen molar-refractivity contribution < 1.29 is 10.2 Å². The Morgan fingerprint density at radius 1 is 1.00 bits per heavy atom. The Balaban J connectivity index is 1.78. The fraction of sp³-hybridized carbons (Fsp3) is 0.400. The molecule has 1 saturated carbocycles. The van der Waals surface area contributed by atoms with Gasteiger partial charge in [-0.05, 0) is 60.8 Å². The quantitative estimate of drug-likeness (QED) is 0.886. The van der Waals surface area contributed by atoms with Gasteiger partial charge in [-0.1, -0.05) is 42.5 Å². The number of hydrogen-bond donors (Lipinski definition) is 2. The molecule has 116 valence electrons. The molecule has 2 nitrogen and oxygen atoms in total. The van der Waals surface area contributed by atoms with Gasteiger partial charge in [-0.2, -0.15) is 0 Å². The minimum atomic E-state index is -0.108. The fourth-order valence-corrected chi connectivity index (χ4v) is 3.45. The Morgan fingerprint density at radius 3 is 2.50 bits per heavy atom. The van der Waals surface area contributed by atoms with E-state index in [9.17, 15) is 10.2 Å². The van der Waals surface area contributed by atoms with Crippen molar-refractivity contribution in [3.63, 3.8) is 0 Å². The summed E-state index contributed by atoms with van der Waals surface area (Å²) in [6.45, 7) is 1.93. The van der Waals surface area contributed by atoms with Gasteiger partial charge in [-0.15, -0.1) is 0 Å². The summed E-state index contributed by atoms with van der Waals surface area (Å²) in [6, 6.07) is 14.6. The van der Waals surface area contributed by atoms with E-state index in [-0.39, 0.29) is 6.10 Å². The van der Waals surface area contributed by atoms with Crippen LogP contribution < -0.4 is 0 Å². The summed E-state index contributed by atoms with van der Waals surface area (Å²) < 4.78 is 0. The topological polar surface area (TPSA) is 40.5 Å². The number of rotatable bonds is 3. The Bertz CT molecular complexity index is 640. The van der Waals surface area contributed by atoms with E-state index in [1.807, 2.05) is 25.1 Å². The molecule has 2 N–H and O–H groups in total. The van der Waals surface area contributed by atoms with Gasteiger partial charge in [0.2, 0.25) is 0 Å². The number of aryl methyl sites for hydroxylation is 1. The smallest absolute Gasteiger partial charge is 0.122 e. The third-order valence-corrected chi connectivity index (χ3v) is 4.84. The highest BCUT2D eigenvalue weighted by atomic mass is 16.3. The Kier molecular flexibility index (Phi) is 4.49. The highest BCUT2D eigenvalue weighted by Gasteiger charge is 2.20. The largest absolute Gasteiger partial charge is 0.507 e. The van der Waals surface area contributed by atoms with Gasteiger partial charge < -0.3 is 10.2 Å². The Morgan fingerprint density at radius 2 is 1.73 bits per heavy atom. The molecule has 1 fully saturated rings. The predicted octanol–water partition coefficient (Wildman–Crippen LogP) is 4.31. The summed E-state index contributed by atoms with van der Waals surface area (Å²) >= 11 is 0. The van der Waals surface area contributed by atoms with Crippen LogP contribution in [0.25, 0.3) is 0 Å². The Labute approximate surface area is 132 Å². The molecule has 0 bridgehead atoms. The van der Waals surface area contributed by atoms with Gasteiger partial charge in [-0.25, -0.2) is 0 Å². The van der Waals surface area contributed by atoms with Gasteiger partial charge in [0.05, 0.1) is 6.10 Å². The number of phenolic OH excluding ortho intramolecular Hbond substituents is 1. The lowest BCUT2D eigenvalue weighted by Crippen LogP contribution is -2.17. The van der Waals surface area contributed by atoms with E-state index in [4.69, 9.17) is 0 Å². The van der Waals surface area contributed by atoms with E-state index in [1.54, 1.807) is 0 Å². The average molecular weight is 296 g/mol. The summed E-state index contributed by atoms with van der Waals surface area (Å²) in [5.74, 6) is 0.975. The van der Waals surface area contributed by atoms with Crippen molar-refractivity contribution in [2.45, 2.75) is 51.0 Å². The van der Waals surface area contributed by atoms with Gasteiger partial charge in [0.15, 0.2) is 0 Å². The third kappa shape index (κ3) is 3.33. The Hall–Kier alpha value is -1.80. The molecule has 0 saturated heterocycles. The van der Waals surface area contributed by atoms with E-state index >= 15 is 0 Å². The molecule has 1 aliphatic rings. The van der Waals surface area contributed by atoms with Crippen molar-refractivity contribution in [3.05, 3.63) is 64.7 Å². The lowest BCUT2D eigenvalue weighted by molar-refractivity contribution is 0.122. The van der Waals surface area contributed by atoms with Crippen LogP contribution in [0.15, 0.2) is 42.5 Å². The number of phenols is 1. The average Bonchev–Trinajstić information content (AvgIpc) is 2.53. The maximum Gasteiger partial charge on any atom is 0.122 e. The summed E-state index contributed by atoms with van der Waals surface area (Å²) in [5.41, 5.74) is 4.52. The van der Waals surface area contributed by atoms with E-state index in [2.05, 4.69) is 24.3 Å². The van der Waals surface area contributed by atoms with Gasteiger partial charge in [0, 0.05) is 6.42 Å². The monoisotopic (exact) mass is 296 g/mol. The second-order valence-electron chi connectivity index (χ2n) is 6.51. The standard InChI is InChI=1S/C20H24O2/c1-14-4-2-7-18(20(14)22)13-15-5-3-6-17(12-15)16-8-10-19(21)11-9-16/h2-7,12,16,19,21-22H,8-11,13H2,1H3. The number of aliphatic hydroxyl groups is 1. The molecule has 0 radical (unpaired) electrons. The van der Waals surface area contributed by atoms with Crippen LogP contribution in [0.3, 0.4) is 0 Å². The molecule has 0 unspecified atom stereocenters. The van der Waals surface area contributed by atoms with Gasteiger partial charge in [0.1, 0.15) is 5.75 Å². The molecule has 0 aromatic heterocycles. The molecule has 2 heteroatoms. The number of para-hydroxylation sites is 1. The van der Waals surface area contributed by atoms with Crippen LogP contribution in [0.1, 0.15) is 53.9 Å². The second kappa shape index (κ2) is 6.53. The van der Waals surface area contributed by atoms with E-state index < -0.39 is 0 Å².